The Morgan fingerprint density at radius 1 is 1.44 bits per heavy atom. The quantitative estimate of drug-likeness (QED) is 0.804. The molecule has 0 spiro atoms. The monoisotopic (exact) mass is 227 g/mol. The van der Waals surface area contributed by atoms with Crippen LogP contribution >= 0.6 is 0 Å². The predicted molar refractivity (Wildman–Crippen MR) is 65.3 cm³/mol. The zero-order valence-electron chi connectivity index (χ0n) is 11.0. The first-order chi connectivity index (χ1) is 7.54. The van der Waals surface area contributed by atoms with Crippen LogP contribution < -0.4 is 5.32 Å². The van der Waals surface area contributed by atoms with Gasteiger partial charge in [-0.15, -0.1) is 0 Å². The fourth-order valence-electron chi connectivity index (χ4n) is 2.57. The summed E-state index contributed by atoms with van der Waals surface area (Å²) in [5.74, 6) is 1.79. The zero-order chi connectivity index (χ0) is 12.1. The van der Waals surface area contributed by atoms with Gasteiger partial charge in [-0.1, -0.05) is 27.2 Å². The Balaban J connectivity index is 2.54. The second-order valence-corrected chi connectivity index (χ2v) is 5.30. The van der Waals surface area contributed by atoms with Crippen molar-refractivity contribution in [1.29, 1.82) is 0 Å². The highest BCUT2D eigenvalue weighted by molar-refractivity contribution is 5.67. The smallest absolute Gasteiger partial charge is 0.407 e. The molecule has 3 heteroatoms. The summed E-state index contributed by atoms with van der Waals surface area (Å²) in [4.78, 5) is 11.5. The van der Waals surface area contributed by atoms with Crippen molar-refractivity contribution in [3.63, 3.8) is 0 Å². The molecule has 3 atom stereocenters. The van der Waals surface area contributed by atoms with Gasteiger partial charge < -0.3 is 10.1 Å². The van der Waals surface area contributed by atoms with Crippen LogP contribution in [0.3, 0.4) is 0 Å². The number of alkyl carbamates (subject to hydrolysis) is 1. The van der Waals surface area contributed by atoms with E-state index in [0.717, 1.165) is 6.42 Å². The standard InChI is InChI=1S/C13H25NO2/c1-5-14-13(15)16-12-8-10(4)6-7-11(12)9(2)3/h9-12H,5-8H2,1-4H3,(H,14,15)/t10?,11-,12+/m0/s1. The Morgan fingerprint density at radius 2 is 2.12 bits per heavy atom. The van der Waals surface area contributed by atoms with Crippen LogP contribution in [-0.4, -0.2) is 18.7 Å². The molecular formula is C13H25NO2. The summed E-state index contributed by atoms with van der Waals surface area (Å²) in [7, 11) is 0. The fraction of sp³-hybridized carbons (Fsp3) is 0.923. The lowest BCUT2D eigenvalue weighted by Crippen LogP contribution is -2.38. The van der Waals surface area contributed by atoms with Gasteiger partial charge in [-0.05, 0) is 37.5 Å². The highest BCUT2D eigenvalue weighted by Gasteiger charge is 2.33. The molecule has 1 unspecified atom stereocenters. The molecule has 1 fully saturated rings. The maximum Gasteiger partial charge on any atom is 0.407 e. The largest absolute Gasteiger partial charge is 0.446 e. The van der Waals surface area contributed by atoms with Gasteiger partial charge in [0.1, 0.15) is 6.10 Å². The molecule has 1 aliphatic rings. The van der Waals surface area contributed by atoms with Crippen molar-refractivity contribution in [3.8, 4) is 0 Å². The van der Waals surface area contributed by atoms with E-state index in [1.54, 1.807) is 0 Å². The van der Waals surface area contributed by atoms with Crippen molar-refractivity contribution in [2.75, 3.05) is 6.54 Å². The number of amides is 1. The molecule has 0 aromatic rings. The minimum atomic E-state index is -0.257. The van der Waals surface area contributed by atoms with E-state index >= 15 is 0 Å². The lowest BCUT2D eigenvalue weighted by Gasteiger charge is -2.36. The summed E-state index contributed by atoms with van der Waals surface area (Å²) in [5, 5.41) is 2.71. The molecule has 0 radical (unpaired) electrons. The van der Waals surface area contributed by atoms with Crippen molar-refractivity contribution in [3.05, 3.63) is 0 Å². The zero-order valence-corrected chi connectivity index (χ0v) is 11.0. The average Bonchev–Trinajstić information content (AvgIpc) is 2.17. The first kappa shape index (κ1) is 13.3. The van der Waals surface area contributed by atoms with Gasteiger partial charge in [-0.2, -0.15) is 0 Å². The minimum absolute atomic E-state index is 0.107. The molecule has 3 nitrogen and oxygen atoms in total. The Kier molecular flexibility index (Phi) is 5.10. The van der Waals surface area contributed by atoms with Crippen LogP contribution in [-0.2, 0) is 4.74 Å². The molecule has 1 amide bonds. The van der Waals surface area contributed by atoms with Gasteiger partial charge in [-0.3, -0.25) is 0 Å². The lowest BCUT2D eigenvalue weighted by atomic mass is 9.75. The molecule has 16 heavy (non-hydrogen) atoms. The number of ether oxygens (including phenoxy) is 1. The second kappa shape index (κ2) is 6.12. The number of carbonyl (C=O) groups excluding carboxylic acids is 1. The molecule has 0 bridgehead atoms. The molecule has 0 aliphatic heterocycles. The van der Waals surface area contributed by atoms with Crippen LogP contribution in [0, 0.1) is 17.8 Å². The molecule has 0 heterocycles. The Hall–Kier alpha value is -0.730. The van der Waals surface area contributed by atoms with Crippen molar-refractivity contribution in [2.45, 2.75) is 53.1 Å². The molecule has 1 N–H and O–H groups in total. The van der Waals surface area contributed by atoms with E-state index in [-0.39, 0.29) is 12.2 Å². The van der Waals surface area contributed by atoms with Gasteiger partial charge in [0, 0.05) is 6.54 Å². The Labute approximate surface area is 98.9 Å². The molecule has 1 aliphatic carbocycles. The third-order valence-electron chi connectivity index (χ3n) is 3.54. The topological polar surface area (TPSA) is 38.3 Å². The highest BCUT2D eigenvalue weighted by Crippen LogP contribution is 2.35. The first-order valence-electron chi connectivity index (χ1n) is 6.49. The minimum Gasteiger partial charge on any atom is -0.446 e. The molecule has 1 rings (SSSR count). The maximum atomic E-state index is 11.5. The van der Waals surface area contributed by atoms with Gasteiger partial charge in [0.05, 0.1) is 0 Å². The fourth-order valence-corrected chi connectivity index (χ4v) is 2.57. The van der Waals surface area contributed by atoms with E-state index in [1.807, 2.05) is 6.92 Å². The van der Waals surface area contributed by atoms with Gasteiger partial charge in [0.2, 0.25) is 0 Å². The molecule has 1 saturated carbocycles. The maximum absolute atomic E-state index is 11.5. The summed E-state index contributed by atoms with van der Waals surface area (Å²) in [6.07, 6.45) is 3.31. The van der Waals surface area contributed by atoms with E-state index in [2.05, 4.69) is 26.1 Å². The average molecular weight is 227 g/mol. The third-order valence-corrected chi connectivity index (χ3v) is 3.54. The van der Waals surface area contributed by atoms with Crippen LogP contribution in [0.15, 0.2) is 0 Å². The van der Waals surface area contributed by atoms with E-state index in [0.29, 0.717) is 24.3 Å². The molecule has 0 aromatic heterocycles. The van der Waals surface area contributed by atoms with Gasteiger partial charge in [0.15, 0.2) is 0 Å². The summed E-state index contributed by atoms with van der Waals surface area (Å²) in [6.45, 7) is 9.21. The number of rotatable bonds is 3. The SMILES string of the molecule is CCNC(=O)O[C@@H]1CC(C)CC[C@H]1C(C)C. The van der Waals surface area contributed by atoms with E-state index < -0.39 is 0 Å². The number of carbonyl (C=O) groups is 1. The molecule has 0 aromatic carbocycles. The van der Waals surface area contributed by atoms with Crippen molar-refractivity contribution in [2.24, 2.45) is 17.8 Å². The molecular weight excluding hydrogens is 202 g/mol. The van der Waals surface area contributed by atoms with Crippen molar-refractivity contribution >= 4 is 6.09 Å². The van der Waals surface area contributed by atoms with Gasteiger partial charge in [-0.25, -0.2) is 4.79 Å². The normalized spacial score (nSPS) is 30.2. The van der Waals surface area contributed by atoms with Crippen LogP contribution in [0.2, 0.25) is 0 Å². The van der Waals surface area contributed by atoms with Crippen molar-refractivity contribution in [1.82, 2.24) is 5.32 Å². The van der Waals surface area contributed by atoms with Crippen molar-refractivity contribution < 1.29 is 9.53 Å². The highest BCUT2D eigenvalue weighted by atomic mass is 16.6. The first-order valence-corrected chi connectivity index (χ1v) is 6.49. The van der Waals surface area contributed by atoms with Gasteiger partial charge >= 0.3 is 6.09 Å². The summed E-state index contributed by atoms with van der Waals surface area (Å²) < 4.78 is 5.53. The van der Waals surface area contributed by atoms with Crippen LogP contribution in [0.1, 0.15) is 47.0 Å². The van der Waals surface area contributed by atoms with Crippen LogP contribution in [0.5, 0.6) is 0 Å². The van der Waals surface area contributed by atoms with E-state index in [9.17, 15) is 4.79 Å². The number of nitrogens with one attached hydrogen (secondary N) is 1. The summed E-state index contributed by atoms with van der Waals surface area (Å²) in [5.41, 5.74) is 0. The molecule has 94 valence electrons. The predicted octanol–water partition coefficient (Wildman–Crippen LogP) is 3.19. The Morgan fingerprint density at radius 3 is 2.69 bits per heavy atom. The Bertz CT molecular complexity index is 228. The van der Waals surface area contributed by atoms with Gasteiger partial charge in [0.25, 0.3) is 0 Å². The van der Waals surface area contributed by atoms with Crippen LogP contribution in [0.4, 0.5) is 4.79 Å². The van der Waals surface area contributed by atoms with Crippen LogP contribution in [0.25, 0.3) is 0 Å². The summed E-state index contributed by atoms with van der Waals surface area (Å²) in [6, 6.07) is 0. The van der Waals surface area contributed by atoms with E-state index in [4.69, 9.17) is 4.74 Å². The third kappa shape index (κ3) is 3.69. The second-order valence-electron chi connectivity index (χ2n) is 5.30. The summed E-state index contributed by atoms with van der Waals surface area (Å²) >= 11 is 0. The number of hydrogen-bond donors (Lipinski definition) is 1. The van der Waals surface area contributed by atoms with E-state index in [1.165, 1.54) is 12.8 Å². The molecule has 0 saturated heterocycles. The lowest BCUT2D eigenvalue weighted by molar-refractivity contribution is 0.00643. The number of hydrogen-bond acceptors (Lipinski definition) is 2.